The van der Waals surface area contributed by atoms with Crippen LogP contribution in [0.5, 0.6) is 0 Å². The maximum Gasteiger partial charge on any atom is 0.239 e. The molecule has 1 amide bonds. The summed E-state index contributed by atoms with van der Waals surface area (Å²) >= 11 is 3.20. The molecule has 1 aromatic rings. The van der Waals surface area contributed by atoms with Crippen molar-refractivity contribution in [3.05, 3.63) is 23.9 Å². The van der Waals surface area contributed by atoms with Gasteiger partial charge in [-0.15, -0.1) is 0 Å². The SMILES string of the molecule is CC(Br)C(=O)Nc1ccc(COC2CC2)cn1. The van der Waals surface area contributed by atoms with Crippen molar-refractivity contribution in [1.82, 2.24) is 4.98 Å². The minimum absolute atomic E-state index is 0.0977. The first kappa shape index (κ1) is 12.5. The highest BCUT2D eigenvalue weighted by molar-refractivity contribution is 9.10. The molecule has 1 aliphatic rings. The van der Waals surface area contributed by atoms with Gasteiger partial charge in [0.1, 0.15) is 5.82 Å². The quantitative estimate of drug-likeness (QED) is 0.850. The minimum Gasteiger partial charge on any atom is -0.373 e. The third kappa shape index (κ3) is 4.09. The van der Waals surface area contributed by atoms with Gasteiger partial charge in [-0.1, -0.05) is 22.0 Å². The van der Waals surface area contributed by atoms with E-state index < -0.39 is 0 Å². The molecule has 5 heteroatoms. The lowest BCUT2D eigenvalue weighted by molar-refractivity contribution is -0.115. The third-order valence-corrected chi connectivity index (χ3v) is 2.86. The topological polar surface area (TPSA) is 51.2 Å². The van der Waals surface area contributed by atoms with Crippen LogP contribution in [0.15, 0.2) is 18.3 Å². The Balaban J connectivity index is 1.85. The molecule has 0 aliphatic heterocycles. The molecule has 0 spiro atoms. The zero-order valence-electron chi connectivity index (χ0n) is 9.65. The molecule has 2 rings (SSSR count). The normalized spacial score (nSPS) is 16.6. The van der Waals surface area contributed by atoms with Gasteiger partial charge in [0.15, 0.2) is 0 Å². The van der Waals surface area contributed by atoms with E-state index in [-0.39, 0.29) is 10.7 Å². The van der Waals surface area contributed by atoms with Gasteiger partial charge in [-0.25, -0.2) is 4.98 Å². The number of carbonyl (C=O) groups excluding carboxylic acids is 1. The monoisotopic (exact) mass is 298 g/mol. The number of nitrogens with one attached hydrogen (secondary N) is 1. The van der Waals surface area contributed by atoms with Crippen LogP contribution in [0.3, 0.4) is 0 Å². The summed E-state index contributed by atoms with van der Waals surface area (Å²) in [6.07, 6.45) is 4.52. The molecule has 0 saturated heterocycles. The van der Waals surface area contributed by atoms with Crippen LogP contribution in [0.25, 0.3) is 0 Å². The molecule has 1 aliphatic carbocycles. The summed E-state index contributed by atoms with van der Waals surface area (Å²) in [6.45, 7) is 2.37. The Labute approximate surface area is 109 Å². The highest BCUT2D eigenvalue weighted by atomic mass is 79.9. The van der Waals surface area contributed by atoms with Crippen LogP contribution in [0.4, 0.5) is 5.82 Å². The van der Waals surface area contributed by atoms with Gasteiger partial charge in [-0.05, 0) is 31.4 Å². The maximum absolute atomic E-state index is 11.4. The molecule has 4 nitrogen and oxygen atoms in total. The number of ether oxygens (including phenoxy) is 1. The Bertz CT molecular complexity index is 388. The molecule has 1 saturated carbocycles. The standard InChI is InChI=1S/C12H15BrN2O2/c1-8(13)12(16)15-11-5-2-9(6-14-11)7-17-10-3-4-10/h2,5-6,8,10H,3-4,7H2,1H3,(H,14,15,16). The molecule has 1 atom stereocenters. The van der Waals surface area contributed by atoms with Gasteiger partial charge in [-0.2, -0.15) is 0 Å². The number of amides is 1. The van der Waals surface area contributed by atoms with Crippen molar-refractivity contribution in [3.8, 4) is 0 Å². The molecular formula is C12H15BrN2O2. The van der Waals surface area contributed by atoms with E-state index in [1.807, 2.05) is 6.07 Å². The van der Waals surface area contributed by atoms with E-state index in [0.29, 0.717) is 18.5 Å². The van der Waals surface area contributed by atoms with Gasteiger partial charge in [0, 0.05) is 6.20 Å². The lowest BCUT2D eigenvalue weighted by Crippen LogP contribution is -2.20. The van der Waals surface area contributed by atoms with E-state index in [0.717, 1.165) is 5.56 Å². The van der Waals surface area contributed by atoms with Crippen molar-refractivity contribution in [2.45, 2.75) is 37.3 Å². The Morgan fingerprint density at radius 2 is 2.41 bits per heavy atom. The van der Waals surface area contributed by atoms with Crippen molar-refractivity contribution < 1.29 is 9.53 Å². The van der Waals surface area contributed by atoms with Crippen LogP contribution in [-0.2, 0) is 16.1 Å². The number of halogens is 1. The molecule has 1 aromatic heterocycles. The van der Waals surface area contributed by atoms with E-state index in [1.54, 1.807) is 19.2 Å². The lowest BCUT2D eigenvalue weighted by Gasteiger charge is -2.07. The summed E-state index contributed by atoms with van der Waals surface area (Å²) in [5.74, 6) is 0.468. The van der Waals surface area contributed by atoms with E-state index >= 15 is 0 Å². The average molecular weight is 299 g/mol. The van der Waals surface area contributed by atoms with Crippen LogP contribution in [-0.4, -0.2) is 21.8 Å². The number of nitrogens with zero attached hydrogens (tertiary/aromatic N) is 1. The number of pyridine rings is 1. The van der Waals surface area contributed by atoms with Crippen LogP contribution in [0.1, 0.15) is 25.3 Å². The summed E-state index contributed by atoms with van der Waals surface area (Å²) < 4.78 is 5.56. The fraction of sp³-hybridized carbons (Fsp3) is 0.500. The first-order valence-electron chi connectivity index (χ1n) is 5.66. The van der Waals surface area contributed by atoms with E-state index in [9.17, 15) is 4.79 Å². The molecule has 1 fully saturated rings. The largest absolute Gasteiger partial charge is 0.373 e. The van der Waals surface area contributed by atoms with Crippen LogP contribution in [0, 0.1) is 0 Å². The zero-order chi connectivity index (χ0) is 12.3. The fourth-order valence-electron chi connectivity index (χ4n) is 1.26. The molecule has 0 radical (unpaired) electrons. The van der Waals surface area contributed by atoms with Gasteiger partial charge >= 0.3 is 0 Å². The van der Waals surface area contributed by atoms with Crippen molar-refractivity contribution >= 4 is 27.7 Å². The maximum atomic E-state index is 11.4. The number of hydrogen-bond acceptors (Lipinski definition) is 3. The van der Waals surface area contributed by atoms with Crippen molar-refractivity contribution in [3.63, 3.8) is 0 Å². The summed E-state index contributed by atoms with van der Waals surface area (Å²) in [6, 6.07) is 3.71. The van der Waals surface area contributed by atoms with Gasteiger partial charge < -0.3 is 10.1 Å². The molecule has 17 heavy (non-hydrogen) atoms. The zero-order valence-corrected chi connectivity index (χ0v) is 11.2. The highest BCUT2D eigenvalue weighted by Crippen LogP contribution is 2.24. The third-order valence-electron chi connectivity index (χ3n) is 2.45. The first-order valence-corrected chi connectivity index (χ1v) is 6.58. The van der Waals surface area contributed by atoms with Gasteiger partial charge in [0.25, 0.3) is 0 Å². The Kier molecular flexibility index (Phi) is 4.12. The number of rotatable bonds is 5. The second-order valence-corrected chi connectivity index (χ2v) is 5.54. The van der Waals surface area contributed by atoms with E-state index in [1.165, 1.54) is 12.8 Å². The van der Waals surface area contributed by atoms with Gasteiger partial charge in [0.2, 0.25) is 5.91 Å². The van der Waals surface area contributed by atoms with Gasteiger partial charge in [0.05, 0.1) is 17.5 Å². The first-order chi connectivity index (χ1) is 8.15. The fourth-order valence-corrected chi connectivity index (χ4v) is 1.37. The minimum atomic E-state index is -0.220. The summed E-state index contributed by atoms with van der Waals surface area (Å²) in [4.78, 5) is 15.3. The second-order valence-electron chi connectivity index (χ2n) is 4.17. The highest BCUT2D eigenvalue weighted by Gasteiger charge is 2.21. The number of carbonyl (C=O) groups is 1. The van der Waals surface area contributed by atoms with Crippen molar-refractivity contribution in [1.29, 1.82) is 0 Å². The molecule has 1 unspecified atom stereocenters. The number of alkyl halides is 1. The predicted octanol–water partition coefficient (Wildman–Crippen LogP) is 2.48. The van der Waals surface area contributed by atoms with Crippen LogP contribution < -0.4 is 5.32 Å². The number of aromatic nitrogens is 1. The molecule has 92 valence electrons. The summed E-state index contributed by atoms with van der Waals surface area (Å²) in [5.41, 5.74) is 1.03. The Morgan fingerprint density at radius 3 is 2.94 bits per heavy atom. The van der Waals surface area contributed by atoms with Crippen LogP contribution >= 0.6 is 15.9 Å². The van der Waals surface area contributed by atoms with Crippen molar-refractivity contribution in [2.24, 2.45) is 0 Å². The smallest absolute Gasteiger partial charge is 0.239 e. The summed E-state index contributed by atoms with van der Waals surface area (Å²) in [7, 11) is 0. The molecule has 0 bridgehead atoms. The predicted molar refractivity (Wildman–Crippen MR) is 69.1 cm³/mol. The molecule has 0 aromatic carbocycles. The second kappa shape index (κ2) is 5.60. The lowest BCUT2D eigenvalue weighted by atomic mass is 10.3. The number of hydrogen-bond donors (Lipinski definition) is 1. The Morgan fingerprint density at radius 1 is 1.65 bits per heavy atom. The molecule has 1 heterocycles. The molecular weight excluding hydrogens is 284 g/mol. The average Bonchev–Trinajstić information content (AvgIpc) is 3.12. The van der Waals surface area contributed by atoms with E-state index in [2.05, 4.69) is 26.2 Å². The molecule has 1 N–H and O–H groups in total. The summed E-state index contributed by atoms with van der Waals surface area (Å²) in [5, 5.41) is 2.71. The number of anilines is 1. The van der Waals surface area contributed by atoms with Crippen LogP contribution in [0.2, 0.25) is 0 Å². The Hall–Kier alpha value is -0.940. The van der Waals surface area contributed by atoms with Gasteiger partial charge in [-0.3, -0.25) is 4.79 Å². The van der Waals surface area contributed by atoms with Crippen molar-refractivity contribution in [2.75, 3.05) is 5.32 Å². The van der Waals surface area contributed by atoms with E-state index in [4.69, 9.17) is 4.74 Å².